The lowest BCUT2D eigenvalue weighted by Crippen LogP contribution is -2.59. The van der Waals surface area contributed by atoms with Crippen LogP contribution < -0.4 is 21.3 Å². The summed E-state index contributed by atoms with van der Waals surface area (Å²) in [5.74, 6) is 4.29. The Bertz CT molecular complexity index is 2320. The summed E-state index contributed by atoms with van der Waals surface area (Å²) in [6.45, 7) is 4.86. The fourth-order valence-corrected chi connectivity index (χ4v) is 8.71. The molecule has 0 radical (unpaired) electrons. The number of nitrogens with one attached hydrogen (secondary N) is 4. The van der Waals surface area contributed by atoms with Crippen LogP contribution in [0.15, 0.2) is 60.7 Å². The summed E-state index contributed by atoms with van der Waals surface area (Å²) in [7, 11) is 3.10. The summed E-state index contributed by atoms with van der Waals surface area (Å²) >= 11 is 0. The molecule has 0 bridgehead atoms. The zero-order valence-corrected chi connectivity index (χ0v) is 43.3. The molecule has 2 aliphatic heterocycles. The highest BCUT2D eigenvalue weighted by Gasteiger charge is 2.46. The number of benzene rings is 2. The zero-order valence-electron chi connectivity index (χ0n) is 43.3. The van der Waals surface area contributed by atoms with Gasteiger partial charge in [-0.3, -0.25) is 28.8 Å². The normalized spacial score (nSPS) is 18.0. The van der Waals surface area contributed by atoms with Crippen LogP contribution in [-0.2, 0) is 51.1 Å². The first-order valence-electron chi connectivity index (χ1n) is 25.1. The molecule has 6 amide bonds. The highest BCUT2D eigenvalue weighted by molar-refractivity contribution is 5.91. The van der Waals surface area contributed by atoms with Crippen LogP contribution in [-0.4, -0.2) is 182 Å². The fraction of sp³-hybridized carbons (Fsp3) is 0.585. The number of amides is 6. The molecule has 0 spiro atoms. The number of aryl methyl sites for hydroxylation is 1. The first-order valence-corrected chi connectivity index (χ1v) is 25.1. The van der Waals surface area contributed by atoms with E-state index in [4.69, 9.17) is 9.47 Å². The number of likely N-dealkylation sites (N-methyl/N-ethyl adjacent to an activating group) is 2. The van der Waals surface area contributed by atoms with E-state index < -0.39 is 96.3 Å². The molecular formula is C53H70F6N8O8. The van der Waals surface area contributed by atoms with Crippen LogP contribution in [0.3, 0.4) is 0 Å². The maximum absolute atomic E-state index is 14.2. The van der Waals surface area contributed by atoms with Crippen molar-refractivity contribution >= 4 is 35.4 Å². The van der Waals surface area contributed by atoms with Gasteiger partial charge in [0.1, 0.15) is 25.3 Å². The van der Waals surface area contributed by atoms with E-state index in [2.05, 4.69) is 44.9 Å². The van der Waals surface area contributed by atoms with Crippen molar-refractivity contribution in [1.82, 2.24) is 40.9 Å². The molecule has 4 N–H and O–H groups in total. The summed E-state index contributed by atoms with van der Waals surface area (Å²) in [5, 5.41) is 11.0. The molecule has 0 saturated carbocycles. The van der Waals surface area contributed by atoms with Crippen LogP contribution in [0.25, 0.3) is 0 Å². The quantitative estimate of drug-likeness (QED) is 0.0848. The summed E-state index contributed by atoms with van der Waals surface area (Å²) in [5.41, 5.74) is 1.64. The molecule has 16 nitrogen and oxygen atoms in total. The second-order valence-electron chi connectivity index (χ2n) is 18.6. The highest BCUT2D eigenvalue weighted by Crippen LogP contribution is 2.27. The maximum atomic E-state index is 14.2. The van der Waals surface area contributed by atoms with Gasteiger partial charge in [0.05, 0.1) is 24.3 Å². The van der Waals surface area contributed by atoms with Gasteiger partial charge in [-0.05, 0) is 110 Å². The minimum atomic E-state index is -5.14. The van der Waals surface area contributed by atoms with Gasteiger partial charge in [-0.1, -0.05) is 72.5 Å². The van der Waals surface area contributed by atoms with Crippen LogP contribution in [0.5, 0.6) is 0 Å². The number of ether oxygens (including phenoxy) is 2. The van der Waals surface area contributed by atoms with Gasteiger partial charge in [0.25, 0.3) is 0 Å². The van der Waals surface area contributed by atoms with E-state index in [0.717, 1.165) is 20.9 Å². The van der Waals surface area contributed by atoms with Crippen molar-refractivity contribution in [3.05, 3.63) is 71.8 Å². The van der Waals surface area contributed by atoms with Crippen molar-refractivity contribution < 1.29 is 64.6 Å². The maximum Gasteiger partial charge on any atom is 0.471 e. The molecule has 22 heteroatoms. The van der Waals surface area contributed by atoms with Gasteiger partial charge < -0.3 is 50.3 Å². The van der Waals surface area contributed by atoms with E-state index in [9.17, 15) is 55.1 Å². The van der Waals surface area contributed by atoms with Crippen LogP contribution >= 0.6 is 0 Å². The molecule has 412 valence electrons. The Morgan fingerprint density at radius 2 is 1.00 bits per heavy atom. The molecule has 8 atom stereocenters. The SMILES string of the molecule is CN[C@@H](C)C(=O)N[C@H](C(=O)N1CCC[C@H]1CN(CCCc1ccccc1)C(=O)C(F)(F)F)C(C)OCC#CC#CCOC(C)[C@H](NC(=O)[C@H](C)NC)C(=O)N1CCC[C@H]1CN(CCc1ccccc1)C(=O)C(F)(F)F. The Morgan fingerprint density at radius 1 is 0.613 bits per heavy atom. The Morgan fingerprint density at radius 3 is 1.39 bits per heavy atom. The van der Waals surface area contributed by atoms with E-state index in [1.54, 1.807) is 58.3 Å². The lowest BCUT2D eigenvalue weighted by atomic mass is 10.1. The number of carbonyl (C=O) groups is 6. The Labute approximate surface area is 435 Å². The van der Waals surface area contributed by atoms with Gasteiger partial charge in [-0.25, -0.2) is 0 Å². The molecular weight excluding hydrogens is 991 g/mol. The third-order valence-electron chi connectivity index (χ3n) is 13.3. The van der Waals surface area contributed by atoms with Crippen molar-refractivity contribution in [3.63, 3.8) is 0 Å². The standard InChI is InChI=1S/C53H70F6N8O8/c1-36(60-5)46(68)62-44(48(70)66-29-18-25-42(66)34-64(50(72)52(54,55)56)28-17-24-40-20-11-9-12-21-40)38(3)74-32-15-7-8-16-33-75-39(4)45(63-47(69)37(2)61-6)49(71)67-30-19-26-43(67)35-65(51(73)53(57,58)59)31-27-41-22-13-10-14-23-41/h9-14,20-23,36-39,42-45,60-61H,17-19,24-35H2,1-6H3,(H,62,68)(H,63,69)/t36-,37-,38?,39?,42-,43-,44-,45-/m0/s1. The molecule has 2 aromatic carbocycles. The zero-order chi connectivity index (χ0) is 55.3. The second kappa shape index (κ2) is 29.8. The van der Waals surface area contributed by atoms with Gasteiger partial charge in [0, 0.05) is 51.4 Å². The van der Waals surface area contributed by atoms with Crippen LogP contribution in [0.2, 0.25) is 0 Å². The predicted molar refractivity (Wildman–Crippen MR) is 267 cm³/mol. The molecule has 2 aromatic rings. The van der Waals surface area contributed by atoms with Gasteiger partial charge in [0.15, 0.2) is 0 Å². The predicted octanol–water partition coefficient (Wildman–Crippen LogP) is 3.63. The number of alkyl halides is 6. The van der Waals surface area contributed by atoms with Crippen molar-refractivity contribution in [1.29, 1.82) is 0 Å². The number of rotatable bonds is 25. The second-order valence-corrected chi connectivity index (χ2v) is 18.6. The molecule has 4 rings (SSSR count). The number of halogens is 6. The van der Waals surface area contributed by atoms with E-state index in [-0.39, 0.29) is 65.3 Å². The molecule has 2 unspecified atom stereocenters. The minimum Gasteiger partial charge on any atom is -0.363 e. The topological polar surface area (TPSA) is 182 Å². The Balaban J connectivity index is 1.41. The molecule has 2 saturated heterocycles. The third-order valence-corrected chi connectivity index (χ3v) is 13.3. The van der Waals surface area contributed by atoms with Gasteiger partial charge in [0.2, 0.25) is 23.6 Å². The van der Waals surface area contributed by atoms with Crippen LogP contribution in [0.1, 0.15) is 70.9 Å². The molecule has 2 fully saturated rings. The van der Waals surface area contributed by atoms with E-state index in [0.29, 0.717) is 32.1 Å². The lowest BCUT2D eigenvalue weighted by molar-refractivity contribution is -0.186. The van der Waals surface area contributed by atoms with Crippen LogP contribution in [0.4, 0.5) is 26.3 Å². The van der Waals surface area contributed by atoms with Gasteiger partial charge in [-0.2, -0.15) is 26.3 Å². The van der Waals surface area contributed by atoms with Crippen molar-refractivity contribution in [2.24, 2.45) is 0 Å². The molecule has 2 aliphatic rings. The summed E-state index contributed by atoms with van der Waals surface area (Å²) in [4.78, 5) is 84.1. The van der Waals surface area contributed by atoms with Crippen molar-refractivity contribution in [2.45, 2.75) is 133 Å². The van der Waals surface area contributed by atoms with Crippen LogP contribution in [0, 0.1) is 23.7 Å². The Kier molecular flexibility index (Phi) is 24.4. The summed E-state index contributed by atoms with van der Waals surface area (Å²) in [6.07, 6.45) is -9.85. The fourth-order valence-electron chi connectivity index (χ4n) is 8.71. The van der Waals surface area contributed by atoms with Crippen molar-refractivity contribution in [2.75, 3.05) is 66.6 Å². The van der Waals surface area contributed by atoms with Gasteiger partial charge >= 0.3 is 24.2 Å². The minimum absolute atomic E-state index is 0.159. The van der Waals surface area contributed by atoms with Gasteiger partial charge in [-0.15, -0.1) is 0 Å². The first-order chi connectivity index (χ1) is 35.6. The first kappa shape index (κ1) is 61.3. The Hall–Kier alpha value is -6.20. The third kappa shape index (κ3) is 19.2. The number of hydrogen-bond acceptors (Lipinski definition) is 10. The average molecular weight is 1060 g/mol. The average Bonchev–Trinajstić information content (AvgIpc) is 4.07. The number of hydrogen-bond donors (Lipinski definition) is 4. The number of carbonyl (C=O) groups excluding carboxylic acids is 6. The lowest BCUT2D eigenvalue weighted by Gasteiger charge is -2.35. The molecule has 75 heavy (non-hydrogen) atoms. The monoisotopic (exact) mass is 1060 g/mol. The summed E-state index contributed by atoms with van der Waals surface area (Å²) in [6, 6.07) is 12.3. The van der Waals surface area contributed by atoms with E-state index >= 15 is 0 Å². The molecule has 0 aliphatic carbocycles. The summed E-state index contributed by atoms with van der Waals surface area (Å²) < 4.78 is 94.6. The number of likely N-dealkylation sites (tertiary alicyclic amines) is 2. The smallest absolute Gasteiger partial charge is 0.363 e. The van der Waals surface area contributed by atoms with E-state index in [1.807, 2.05) is 30.3 Å². The number of nitrogens with zero attached hydrogens (tertiary/aromatic N) is 4. The molecule has 0 aromatic heterocycles. The van der Waals surface area contributed by atoms with E-state index in [1.165, 1.54) is 23.6 Å². The largest absolute Gasteiger partial charge is 0.471 e. The van der Waals surface area contributed by atoms with Crippen molar-refractivity contribution in [3.8, 4) is 23.7 Å². The highest BCUT2D eigenvalue weighted by atomic mass is 19.4. The molecule has 2 heterocycles.